The number of aryl methyl sites for hydroxylation is 1. The number of carbonyl (C=O) groups is 4. The second kappa shape index (κ2) is 16.0. The number of esters is 1. The number of hydrogen-bond acceptors (Lipinski definition) is 9. The molecule has 2 saturated heterocycles. The number of likely N-dealkylation sites (tertiary alicyclic amines) is 2. The Kier molecular flexibility index (Phi) is 12.3. The topological polar surface area (TPSA) is 141 Å². The van der Waals surface area contributed by atoms with E-state index in [2.05, 4.69) is 15.6 Å². The quantitative estimate of drug-likeness (QED) is 0.234. The molecule has 252 valence electrons. The summed E-state index contributed by atoms with van der Waals surface area (Å²) in [6.07, 6.45) is 2.35. The Morgan fingerprint density at radius 2 is 1.83 bits per heavy atom. The molecule has 3 atom stereocenters. The molecule has 1 aromatic carbocycles. The number of aliphatic hydroxyl groups is 1. The lowest BCUT2D eigenvalue weighted by atomic mass is 9.85. The Morgan fingerprint density at radius 3 is 2.43 bits per heavy atom. The highest BCUT2D eigenvalue weighted by molar-refractivity contribution is 7.13. The zero-order valence-electron chi connectivity index (χ0n) is 27.7. The van der Waals surface area contributed by atoms with Crippen LogP contribution in [0.2, 0.25) is 0 Å². The van der Waals surface area contributed by atoms with Crippen LogP contribution in [-0.2, 0) is 30.5 Å². The fourth-order valence-electron chi connectivity index (χ4n) is 5.95. The number of piperidine rings is 1. The smallest absolute Gasteiger partial charge is 0.309 e. The monoisotopic (exact) mass is 655 g/mol. The summed E-state index contributed by atoms with van der Waals surface area (Å²) in [7, 11) is 0. The van der Waals surface area contributed by atoms with Crippen molar-refractivity contribution in [1.82, 2.24) is 25.4 Å². The van der Waals surface area contributed by atoms with Gasteiger partial charge in [-0.05, 0) is 55.8 Å². The molecule has 2 aliphatic heterocycles. The summed E-state index contributed by atoms with van der Waals surface area (Å²) in [4.78, 5) is 61.5. The molecule has 3 amide bonds. The molecule has 0 saturated carbocycles. The van der Waals surface area contributed by atoms with Crippen molar-refractivity contribution in [1.29, 1.82) is 0 Å². The number of aromatic nitrogens is 1. The van der Waals surface area contributed by atoms with Gasteiger partial charge in [0.25, 0.3) is 0 Å². The molecule has 2 aliphatic rings. The van der Waals surface area contributed by atoms with Crippen LogP contribution < -0.4 is 10.6 Å². The highest BCUT2D eigenvalue weighted by atomic mass is 32.1. The van der Waals surface area contributed by atoms with Crippen molar-refractivity contribution in [3.05, 3.63) is 41.0 Å². The van der Waals surface area contributed by atoms with Gasteiger partial charge >= 0.3 is 5.97 Å². The Bertz CT molecular complexity index is 1350. The number of amides is 3. The number of nitrogens with one attached hydrogen (secondary N) is 2. The van der Waals surface area contributed by atoms with Gasteiger partial charge in [0.1, 0.15) is 12.1 Å². The van der Waals surface area contributed by atoms with Crippen LogP contribution >= 0.6 is 11.3 Å². The first-order chi connectivity index (χ1) is 21.9. The molecule has 0 radical (unpaired) electrons. The molecule has 11 nitrogen and oxygen atoms in total. The maximum absolute atomic E-state index is 13.9. The first-order valence-corrected chi connectivity index (χ1v) is 17.2. The Labute approximate surface area is 276 Å². The lowest BCUT2D eigenvalue weighted by molar-refractivity contribution is -0.150. The molecule has 3 N–H and O–H groups in total. The third-order valence-electron chi connectivity index (χ3n) is 8.74. The van der Waals surface area contributed by atoms with Crippen LogP contribution in [0.25, 0.3) is 10.4 Å². The number of β-amino-alcohol motifs (C(OH)–C–C–N with tert-alkyl or cyclic N) is 1. The number of benzene rings is 1. The average molecular weight is 656 g/mol. The summed E-state index contributed by atoms with van der Waals surface area (Å²) in [6, 6.07) is 6.16. The number of unbranched alkanes of at least 4 members (excludes halogenated alkanes) is 1. The predicted octanol–water partition coefficient (Wildman–Crippen LogP) is 3.28. The van der Waals surface area contributed by atoms with Crippen molar-refractivity contribution in [2.75, 3.05) is 32.8 Å². The van der Waals surface area contributed by atoms with Gasteiger partial charge in [0.05, 0.1) is 41.3 Å². The molecule has 2 fully saturated rings. The number of thiazole rings is 1. The molecular weight excluding hydrogens is 606 g/mol. The van der Waals surface area contributed by atoms with Gasteiger partial charge in [-0.3, -0.25) is 24.1 Å². The second-order valence-corrected chi connectivity index (χ2v) is 14.4. The summed E-state index contributed by atoms with van der Waals surface area (Å²) in [5.41, 5.74) is 4.12. The molecule has 0 bridgehead atoms. The Hall–Kier alpha value is -3.35. The molecule has 3 heterocycles. The van der Waals surface area contributed by atoms with Crippen LogP contribution in [0.3, 0.4) is 0 Å². The lowest BCUT2D eigenvalue weighted by Gasteiger charge is -2.36. The van der Waals surface area contributed by atoms with E-state index in [0.29, 0.717) is 32.5 Å². The minimum atomic E-state index is -0.894. The van der Waals surface area contributed by atoms with Crippen molar-refractivity contribution in [2.45, 2.75) is 91.5 Å². The zero-order chi connectivity index (χ0) is 33.4. The summed E-state index contributed by atoms with van der Waals surface area (Å²) >= 11 is 1.58. The van der Waals surface area contributed by atoms with Gasteiger partial charge in [-0.1, -0.05) is 58.4 Å². The van der Waals surface area contributed by atoms with E-state index in [1.54, 1.807) is 11.3 Å². The van der Waals surface area contributed by atoms with Gasteiger partial charge in [-0.15, -0.1) is 11.3 Å². The van der Waals surface area contributed by atoms with Crippen LogP contribution in [-0.4, -0.2) is 94.6 Å². The fourth-order valence-corrected chi connectivity index (χ4v) is 6.76. The van der Waals surface area contributed by atoms with Crippen LogP contribution in [0.15, 0.2) is 29.8 Å². The first-order valence-electron chi connectivity index (χ1n) is 16.3. The van der Waals surface area contributed by atoms with Gasteiger partial charge in [0.15, 0.2) is 0 Å². The number of rotatable bonds is 12. The standard InChI is InChI=1S/C34H49N5O6S/c1-6-7-16-45-33(44)25-12-14-38(15-13-25)20-28(41)37-30(34(3,4)5)32(43)39-19-26(40)17-27(39)31(42)35-18-23-8-10-24(11-9-23)29-22(2)36-21-46-29/h8-11,21,25-27,30,40H,6-7,12-20H2,1-5H3,(H,35,42)(H,37,41)/t26-,27+,30-/m1/s1. The fraction of sp³-hybridized carbons (Fsp3) is 0.618. The van der Waals surface area contributed by atoms with Crippen LogP contribution in [0.4, 0.5) is 0 Å². The lowest BCUT2D eigenvalue weighted by Crippen LogP contribution is -2.59. The van der Waals surface area contributed by atoms with Gasteiger partial charge in [-0.25, -0.2) is 4.98 Å². The summed E-state index contributed by atoms with van der Waals surface area (Å²) < 4.78 is 5.37. The second-order valence-electron chi connectivity index (χ2n) is 13.5. The molecule has 4 rings (SSSR count). The van der Waals surface area contributed by atoms with Gasteiger partial charge in [-0.2, -0.15) is 0 Å². The normalized spacial score (nSPS) is 19.9. The van der Waals surface area contributed by atoms with Crippen LogP contribution in [0.5, 0.6) is 0 Å². The highest BCUT2D eigenvalue weighted by Crippen LogP contribution is 2.28. The number of carbonyl (C=O) groups excluding carboxylic acids is 4. The highest BCUT2D eigenvalue weighted by Gasteiger charge is 2.44. The third kappa shape index (κ3) is 9.36. The Morgan fingerprint density at radius 1 is 1.13 bits per heavy atom. The van der Waals surface area contributed by atoms with Gasteiger partial charge < -0.3 is 25.4 Å². The van der Waals surface area contributed by atoms with E-state index in [4.69, 9.17) is 4.74 Å². The molecule has 1 aromatic heterocycles. The number of aliphatic hydroxyl groups excluding tert-OH is 1. The van der Waals surface area contributed by atoms with Crippen LogP contribution in [0.1, 0.15) is 71.1 Å². The maximum atomic E-state index is 13.9. The van der Waals surface area contributed by atoms with Crippen molar-refractivity contribution in [3.8, 4) is 10.4 Å². The van der Waals surface area contributed by atoms with Crippen molar-refractivity contribution < 1.29 is 29.0 Å². The minimum absolute atomic E-state index is 0.0180. The van der Waals surface area contributed by atoms with Gasteiger partial charge in [0, 0.05) is 19.5 Å². The maximum Gasteiger partial charge on any atom is 0.309 e. The summed E-state index contributed by atoms with van der Waals surface area (Å²) in [5.74, 6) is -1.35. The predicted molar refractivity (Wildman–Crippen MR) is 177 cm³/mol. The summed E-state index contributed by atoms with van der Waals surface area (Å²) in [6.45, 7) is 11.6. The average Bonchev–Trinajstić information content (AvgIpc) is 3.63. The molecular formula is C34H49N5O6S. The third-order valence-corrected chi connectivity index (χ3v) is 9.72. The SMILES string of the molecule is CCCCOC(=O)C1CCN(CC(=O)N[C@H](C(=O)N2C[C@H](O)C[C@H]2C(=O)NCc2ccc(-c3scnc3C)cc2)C(C)(C)C)CC1. The number of ether oxygens (including phenoxy) is 1. The molecule has 0 aliphatic carbocycles. The van der Waals surface area contributed by atoms with Crippen molar-refractivity contribution in [2.24, 2.45) is 11.3 Å². The molecule has 0 unspecified atom stereocenters. The molecule has 0 spiro atoms. The van der Waals surface area contributed by atoms with E-state index < -0.39 is 29.5 Å². The zero-order valence-corrected chi connectivity index (χ0v) is 28.5. The molecule has 46 heavy (non-hydrogen) atoms. The number of nitrogens with zero attached hydrogens (tertiary/aromatic N) is 3. The minimum Gasteiger partial charge on any atom is -0.465 e. The van der Waals surface area contributed by atoms with Crippen LogP contribution in [0, 0.1) is 18.3 Å². The van der Waals surface area contributed by atoms with E-state index in [0.717, 1.165) is 34.5 Å². The Balaban J connectivity index is 1.32. The van der Waals surface area contributed by atoms with E-state index in [9.17, 15) is 24.3 Å². The first kappa shape index (κ1) is 35.5. The van der Waals surface area contributed by atoms with Crippen molar-refractivity contribution in [3.63, 3.8) is 0 Å². The summed E-state index contributed by atoms with van der Waals surface area (Å²) in [5, 5.41) is 16.3. The molecule has 12 heteroatoms. The van der Waals surface area contributed by atoms with Gasteiger partial charge in [0.2, 0.25) is 17.7 Å². The number of hydrogen-bond donors (Lipinski definition) is 3. The van der Waals surface area contributed by atoms with E-state index in [1.165, 1.54) is 4.90 Å². The van der Waals surface area contributed by atoms with Crippen molar-refractivity contribution >= 4 is 35.0 Å². The van der Waals surface area contributed by atoms with E-state index in [-0.39, 0.29) is 49.8 Å². The largest absolute Gasteiger partial charge is 0.465 e. The molecule has 2 aromatic rings. The van der Waals surface area contributed by atoms with E-state index in [1.807, 2.05) is 69.3 Å². The van der Waals surface area contributed by atoms with E-state index >= 15 is 0 Å².